The zero-order valence-corrected chi connectivity index (χ0v) is 12.6. The Bertz CT molecular complexity index is 206. The zero-order valence-electron chi connectivity index (χ0n) is 12.6. The van der Waals surface area contributed by atoms with Crippen molar-refractivity contribution in [1.82, 2.24) is 0 Å². The summed E-state index contributed by atoms with van der Waals surface area (Å²) in [6.45, 7) is 10.1. The lowest BCUT2D eigenvalue weighted by atomic mass is 9.80. The summed E-state index contributed by atoms with van der Waals surface area (Å²) in [6, 6.07) is 0. The monoisotopic (exact) mass is 260 g/mol. The molecule has 0 heterocycles. The molecule has 0 aliphatic rings. The number of rotatable bonds is 9. The summed E-state index contributed by atoms with van der Waals surface area (Å²) in [6.07, 6.45) is 1.20. The lowest BCUT2D eigenvalue weighted by Gasteiger charge is -2.33. The molecule has 0 aromatic rings. The van der Waals surface area contributed by atoms with Crippen LogP contribution in [0.2, 0.25) is 0 Å². The predicted octanol–water partition coefficient (Wildman–Crippen LogP) is 2.58. The molecule has 0 aromatic carbocycles. The van der Waals surface area contributed by atoms with Crippen molar-refractivity contribution in [3.8, 4) is 0 Å². The van der Waals surface area contributed by atoms with Crippen molar-refractivity contribution in [2.24, 2.45) is 17.8 Å². The molecule has 110 valence electrons. The van der Waals surface area contributed by atoms with Crippen LogP contribution < -0.4 is 0 Å². The van der Waals surface area contributed by atoms with Gasteiger partial charge in [-0.2, -0.15) is 0 Å². The van der Waals surface area contributed by atoms with Crippen molar-refractivity contribution >= 4 is 0 Å². The second-order valence-corrected chi connectivity index (χ2v) is 6.03. The van der Waals surface area contributed by atoms with Crippen LogP contribution in [0.4, 0.5) is 0 Å². The molecule has 18 heavy (non-hydrogen) atoms. The van der Waals surface area contributed by atoms with Gasteiger partial charge in [0, 0.05) is 5.92 Å². The van der Waals surface area contributed by atoms with Gasteiger partial charge in [0.05, 0.1) is 18.3 Å². The van der Waals surface area contributed by atoms with E-state index in [4.69, 9.17) is 0 Å². The zero-order chi connectivity index (χ0) is 14.3. The summed E-state index contributed by atoms with van der Waals surface area (Å²) < 4.78 is 0. The molecule has 0 rings (SSSR count). The maximum atomic E-state index is 10.3. The quantitative estimate of drug-likeness (QED) is 0.597. The Hall–Kier alpha value is -0.120. The molecule has 0 aliphatic heterocycles. The van der Waals surface area contributed by atoms with Crippen molar-refractivity contribution in [2.45, 2.75) is 78.6 Å². The maximum Gasteiger partial charge on any atom is 0.0619 e. The summed E-state index contributed by atoms with van der Waals surface area (Å²) in [5, 5.41) is 30.4. The van der Waals surface area contributed by atoms with Crippen molar-refractivity contribution in [3.05, 3.63) is 0 Å². The third-order valence-corrected chi connectivity index (χ3v) is 3.89. The first-order valence-electron chi connectivity index (χ1n) is 7.37. The lowest BCUT2D eigenvalue weighted by molar-refractivity contribution is -0.0445. The van der Waals surface area contributed by atoms with Crippen LogP contribution in [0, 0.1) is 17.8 Å². The van der Waals surface area contributed by atoms with Crippen LogP contribution in [0.25, 0.3) is 0 Å². The third-order valence-electron chi connectivity index (χ3n) is 3.89. The summed E-state index contributed by atoms with van der Waals surface area (Å²) in [5.41, 5.74) is 0. The summed E-state index contributed by atoms with van der Waals surface area (Å²) in [5.74, 6) is 0.323. The third kappa shape index (κ3) is 6.17. The van der Waals surface area contributed by atoms with Gasteiger partial charge in [0.25, 0.3) is 0 Å². The van der Waals surface area contributed by atoms with Gasteiger partial charge in [0.15, 0.2) is 0 Å². The topological polar surface area (TPSA) is 60.7 Å². The van der Waals surface area contributed by atoms with Gasteiger partial charge in [-0.15, -0.1) is 0 Å². The Morgan fingerprint density at radius 2 is 1.39 bits per heavy atom. The van der Waals surface area contributed by atoms with Crippen molar-refractivity contribution < 1.29 is 15.3 Å². The molecule has 0 bridgehead atoms. The van der Waals surface area contributed by atoms with E-state index in [1.54, 1.807) is 0 Å². The molecule has 3 N–H and O–H groups in total. The highest BCUT2D eigenvalue weighted by molar-refractivity contribution is 4.82. The maximum absolute atomic E-state index is 10.3. The molecule has 0 saturated heterocycles. The van der Waals surface area contributed by atoms with E-state index in [1.807, 2.05) is 20.8 Å². The second kappa shape index (κ2) is 8.89. The van der Waals surface area contributed by atoms with E-state index < -0.39 is 18.3 Å². The molecule has 0 saturated carbocycles. The Morgan fingerprint density at radius 3 is 1.78 bits per heavy atom. The Balaban J connectivity index is 4.69. The highest BCUT2D eigenvalue weighted by Crippen LogP contribution is 2.27. The fraction of sp³-hybridized carbons (Fsp3) is 1.00. The normalized spacial score (nSPS) is 20.5. The average Bonchev–Trinajstić information content (AvgIpc) is 2.32. The minimum absolute atomic E-state index is 0.154. The summed E-state index contributed by atoms with van der Waals surface area (Å²) in [4.78, 5) is 0. The largest absolute Gasteiger partial charge is 0.393 e. The molecule has 5 unspecified atom stereocenters. The smallest absolute Gasteiger partial charge is 0.0619 e. The van der Waals surface area contributed by atoms with Gasteiger partial charge in [0.1, 0.15) is 0 Å². The van der Waals surface area contributed by atoms with Gasteiger partial charge in [-0.25, -0.2) is 0 Å². The molecular weight excluding hydrogens is 228 g/mol. The first-order valence-corrected chi connectivity index (χ1v) is 7.37. The summed E-state index contributed by atoms with van der Waals surface area (Å²) >= 11 is 0. The van der Waals surface area contributed by atoms with Crippen LogP contribution in [0.1, 0.15) is 60.3 Å². The highest BCUT2D eigenvalue weighted by Gasteiger charge is 2.31. The molecule has 0 spiro atoms. The summed E-state index contributed by atoms with van der Waals surface area (Å²) in [7, 11) is 0. The first-order chi connectivity index (χ1) is 8.33. The van der Waals surface area contributed by atoms with Crippen LogP contribution in [0.5, 0.6) is 0 Å². The van der Waals surface area contributed by atoms with E-state index in [1.165, 1.54) is 0 Å². The number of hydrogen-bond acceptors (Lipinski definition) is 3. The Labute approximate surface area is 112 Å². The van der Waals surface area contributed by atoms with Crippen molar-refractivity contribution in [2.75, 3.05) is 0 Å². The minimum atomic E-state index is -0.537. The van der Waals surface area contributed by atoms with Gasteiger partial charge in [-0.3, -0.25) is 0 Å². The van der Waals surface area contributed by atoms with Crippen LogP contribution in [0.15, 0.2) is 0 Å². The van der Waals surface area contributed by atoms with Crippen LogP contribution in [-0.2, 0) is 0 Å². The van der Waals surface area contributed by atoms with Crippen LogP contribution >= 0.6 is 0 Å². The Morgan fingerprint density at radius 1 is 0.833 bits per heavy atom. The van der Waals surface area contributed by atoms with E-state index in [0.717, 1.165) is 6.42 Å². The van der Waals surface area contributed by atoms with Gasteiger partial charge in [-0.1, -0.05) is 41.0 Å². The van der Waals surface area contributed by atoms with Gasteiger partial charge >= 0.3 is 0 Å². The first kappa shape index (κ1) is 17.9. The molecule has 3 nitrogen and oxygen atoms in total. The molecular formula is C15H32O3. The SMILES string of the molecule is CCC(O)CC(C(O)CC(C)C)C(O)C(C)CC. The number of aliphatic hydroxyl groups excluding tert-OH is 3. The molecule has 3 heteroatoms. The van der Waals surface area contributed by atoms with Crippen molar-refractivity contribution in [1.29, 1.82) is 0 Å². The molecule has 5 atom stereocenters. The lowest BCUT2D eigenvalue weighted by Crippen LogP contribution is -2.38. The number of hydrogen-bond donors (Lipinski definition) is 3. The molecule has 0 aromatic heterocycles. The molecule has 0 aliphatic carbocycles. The Kier molecular flexibility index (Phi) is 8.83. The van der Waals surface area contributed by atoms with Gasteiger partial charge < -0.3 is 15.3 Å². The fourth-order valence-corrected chi connectivity index (χ4v) is 2.33. The molecule has 0 radical (unpaired) electrons. The average molecular weight is 260 g/mol. The fourth-order valence-electron chi connectivity index (χ4n) is 2.33. The molecule has 0 amide bonds. The number of aliphatic hydroxyl groups is 3. The van der Waals surface area contributed by atoms with E-state index in [2.05, 4.69) is 13.8 Å². The predicted molar refractivity (Wildman–Crippen MR) is 75.3 cm³/mol. The highest BCUT2D eigenvalue weighted by atomic mass is 16.3. The molecule has 0 fully saturated rings. The second-order valence-electron chi connectivity index (χ2n) is 6.03. The van der Waals surface area contributed by atoms with E-state index in [9.17, 15) is 15.3 Å². The van der Waals surface area contributed by atoms with E-state index in [0.29, 0.717) is 25.2 Å². The van der Waals surface area contributed by atoms with Gasteiger partial charge in [-0.05, 0) is 31.1 Å². The van der Waals surface area contributed by atoms with E-state index >= 15 is 0 Å². The van der Waals surface area contributed by atoms with Crippen LogP contribution in [-0.4, -0.2) is 33.6 Å². The van der Waals surface area contributed by atoms with E-state index in [-0.39, 0.29) is 11.8 Å². The standard InChI is InChI=1S/C15H32O3/c1-6-11(5)15(18)13(9-12(16)7-2)14(17)8-10(3)4/h10-18H,6-9H2,1-5H3. The van der Waals surface area contributed by atoms with Crippen LogP contribution in [0.3, 0.4) is 0 Å². The van der Waals surface area contributed by atoms with Crippen molar-refractivity contribution in [3.63, 3.8) is 0 Å². The van der Waals surface area contributed by atoms with Gasteiger partial charge in [0.2, 0.25) is 0 Å². The minimum Gasteiger partial charge on any atom is -0.393 e.